The van der Waals surface area contributed by atoms with Crippen LogP contribution in [-0.2, 0) is 9.59 Å². The van der Waals surface area contributed by atoms with Crippen molar-refractivity contribution in [1.29, 1.82) is 0 Å². The van der Waals surface area contributed by atoms with Gasteiger partial charge in [-0.15, -0.1) is 0 Å². The van der Waals surface area contributed by atoms with Crippen molar-refractivity contribution in [3.05, 3.63) is 0 Å². The van der Waals surface area contributed by atoms with Gasteiger partial charge in [0.25, 0.3) is 5.91 Å². The van der Waals surface area contributed by atoms with E-state index in [1.807, 2.05) is 0 Å². The van der Waals surface area contributed by atoms with E-state index in [1.165, 1.54) is 7.05 Å². The van der Waals surface area contributed by atoms with E-state index in [4.69, 9.17) is 12.2 Å². The van der Waals surface area contributed by atoms with Crippen molar-refractivity contribution in [3.8, 4) is 0 Å². The molecule has 0 aromatic carbocycles. The first-order valence-corrected chi connectivity index (χ1v) is 4.25. The first-order chi connectivity index (χ1) is 6.06. The second-order valence-corrected chi connectivity index (χ2v) is 3.18. The normalized spacial score (nSPS) is 22.0. The molecule has 1 rings (SSSR count). The molecule has 0 aliphatic carbocycles. The van der Waals surface area contributed by atoms with E-state index in [0.29, 0.717) is 5.11 Å². The Hall–Kier alpha value is -1.17. The van der Waals surface area contributed by atoms with Crippen molar-refractivity contribution < 1.29 is 9.59 Å². The fourth-order valence-electron chi connectivity index (χ4n) is 1.10. The summed E-state index contributed by atoms with van der Waals surface area (Å²) >= 11 is 4.82. The first kappa shape index (κ1) is 9.91. The second kappa shape index (κ2) is 3.69. The highest BCUT2D eigenvalue weighted by molar-refractivity contribution is 7.80. The van der Waals surface area contributed by atoms with E-state index in [2.05, 4.69) is 10.6 Å². The van der Waals surface area contributed by atoms with Crippen LogP contribution in [0.5, 0.6) is 0 Å². The van der Waals surface area contributed by atoms with Crippen LogP contribution in [0.3, 0.4) is 0 Å². The number of amides is 2. The van der Waals surface area contributed by atoms with Crippen molar-refractivity contribution in [1.82, 2.24) is 15.5 Å². The van der Waals surface area contributed by atoms with E-state index in [1.54, 1.807) is 7.05 Å². The third kappa shape index (κ3) is 1.95. The van der Waals surface area contributed by atoms with E-state index >= 15 is 0 Å². The van der Waals surface area contributed by atoms with E-state index in [0.717, 1.165) is 4.90 Å². The standard InChI is InChI=1S/C7H11N3O2S/c1-8-7(13)9-4-3-5(11)10(2)6(4)12/h4H,3H2,1-2H3,(H2,8,9,13). The Bertz CT molecular complexity index is 266. The Morgan fingerprint density at radius 3 is 2.62 bits per heavy atom. The van der Waals surface area contributed by atoms with Crippen LogP contribution >= 0.6 is 12.2 Å². The predicted octanol–water partition coefficient (Wildman–Crippen LogP) is -1.16. The van der Waals surface area contributed by atoms with Crippen molar-refractivity contribution in [3.63, 3.8) is 0 Å². The summed E-state index contributed by atoms with van der Waals surface area (Å²) in [5.74, 6) is -0.413. The van der Waals surface area contributed by atoms with Crippen LogP contribution in [0, 0.1) is 0 Å². The minimum Gasteiger partial charge on any atom is -0.366 e. The quantitative estimate of drug-likeness (QED) is 0.414. The van der Waals surface area contributed by atoms with Crippen LogP contribution in [0.4, 0.5) is 0 Å². The predicted molar refractivity (Wildman–Crippen MR) is 51.0 cm³/mol. The molecule has 1 fully saturated rings. The second-order valence-electron chi connectivity index (χ2n) is 2.77. The highest BCUT2D eigenvalue weighted by atomic mass is 32.1. The van der Waals surface area contributed by atoms with Crippen molar-refractivity contribution >= 4 is 29.1 Å². The first-order valence-electron chi connectivity index (χ1n) is 3.85. The summed E-state index contributed by atoms with van der Waals surface area (Å²) in [6.07, 6.45) is 0.178. The number of nitrogens with one attached hydrogen (secondary N) is 2. The number of nitrogens with zero attached hydrogens (tertiary/aromatic N) is 1. The molecule has 1 heterocycles. The maximum absolute atomic E-state index is 11.3. The summed E-state index contributed by atoms with van der Waals surface area (Å²) in [6.45, 7) is 0. The number of likely N-dealkylation sites (N-methyl/N-ethyl adjacent to an activating group) is 1. The molecular weight excluding hydrogens is 190 g/mol. The molecular formula is C7H11N3O2S. The minimum absolute atomic E-state index is 0.178. The molecule has 0 radical (unpaired) electrons. The molecule has 0 aromatic rings. The summed E-state index contributed by atoms with van der Waals surface area (Å²) in [5, 5.41) is 5.80. The van der Waals surface area contributed by atoms with Crippen molar-refractivity contribution in [2.24, 2.45) is 0 Å². The average molecular weight is 201 g/mol. The van der Waals surface area contributed by atoms with Crippen LogP contribution in [0.1, 0.15) is 6.42 Å². The molecule has 0 saturated carbocycles. The summed E-state index contributed by atoms with van der Waals surface area (Å²) < 4.78 is 0. The lowest BCUT2D eigenvalue weighted by Crippen LogP contribution is -2.44. The third-order valence-electron chi connectivity index (χ3n) is 1.91. The molecule has 72 valence electrons. The molecule has 5 nitrogen and oxygen atoms in total. The van der Waals surface area contributed by atoms with Crippen LogP contribution in [0.15, 0.2) is 0 Å². The highest BCUT2D eigenvalue weighted by Crippen LogP contribution is 2.09. The van der Waals surface area contributed by atoms with Crippen molar-refractivity contribution in [2.75, 3.05) is 14.1 Å². The maximum atomic E-state index is 11.3. The largest absolute Gasteiger partial charge is 0.366 e. The fraction of sp³-hybridized carbons (Fsp3) is 0.571. The van der Waals surface area contributed by atoms with Gasteiger partial charge in [0.15, 0.2) is 5.11 Å². The molecule has 0 aromatic heterocycles. The molecule has 13 heavy (non-hydrogen) atoms. The number of rotatable bonds is 1. The Kier molecular flexibility index (Phi) is 2.82. The number of carbonyl (C=O) groups excluding carboxylic acids is 2. The zero-order valence-corrected chi connectivity index (χ0v) is 8.27. The lowest BCUT2D eigenvalue weighted by atomic mass is 10.2. The highest BCUT2D eigenvalue weighted by Gasteiger charge is 2.36. The molecule has 0 spiro atoms. The van der Waals surface area contributed by atoms with Gasteiger partial charge >= 0.3 is 0 Å². The van der Waals surface area contributed by atoms with Gasteiger partial charge in [0.05, 0.1) is 6.42 Å². The van der Waals surface area contributed by atoms with Gasteiger partial charge in [0.2, 0.25) is 5.91 Å². The van der Waals surface area contributed by atoms with Crippen LogP contribution in [-0.4, -0.2) is 42.0 Å². The zero-order valence-electron chi connectivity index (χ0n) is 7.46. The number of likely N-dealkylation sites (tertiary alicyclic amines) is 1. The molecule has 1 unspecified atom stereocenters. The van der Waals surface area contributed by atoms with Crippen LogP contribution in [0.25, 0.3) is 0 Å². The third-order valence-corrected chi connectivity index (χ3v) is 2.24. The van der Waals surface area contributed by atoms with Crippen molar-refractivity contribution in [2.45, 2.75) is 12.5 Å². The Morgan fingerprint density at radius 1 is 1.62 bits per heavy atom. The smallest absolute Gasteiger partial charge is 0.251 e. The summed E-state index contributed by atoms with van der Waals surface area (Å²) in [6, 6.07) is -0.502. The Morgan fingerprint density at radius 2 is 2.23 bits per heavy atom. The Balaban J connectivity index is 2.59. The SMILES string of the molecule is CNC(=S)NC1CC(=O)N(C)C1=O. The van der Waals surface area contributed by atoms with Gasteiger partial charge in [-0.2, -0.15) is 0 Å². The molecule has 1 atom stereocenters. The summed E-state index contributed by atoms with van der Waals surface area (Å²) in [7, 11) is 3.12. The minimum atomic E-state index is -0.502. The van der Waals surface area contributed by atoms with Crippen LogP contribution in [0.2, 0.25) is 0 Å². The summed E-state index contributed by atoms with van der Waals surface area (Å²) in [5.41, 5.74) is 0. The molecule has 1 aliphatic heterocycles. The summed E-state index contributed by atoms with van der Waals surface area (Å²) in [4.78, 5) is 23.5. The van der Waals surface area contributed by atoms with Gasteiger partial charge in [0.1, 0.15) is 6.04 Å². The van der Waals surface area contributed by atoms with Gasteiger partial charge in [-0.3, -0.25) is 14.5 Å². The number of imide groups is 1. The van der Waals surface area contributed by atoms with Gasteiger partial charge in [-0.1, -0.05) is 0 Å². The molecule has 6 heteroatoms. The maximum Gasteiger partial charge on any atom is 0.251 e. The molecule has 1 aliphatic rings. The monoisotopic (exact) mass is 201 g/mol. The lowest BCUT2D eigenvalue weighted by molar-refractivity contribution is -0.137. The Labute approximate surface area is 81.5 Å². The van der Waals surface area contributed by atoms with Gasteiger partial charge < -0.3 is 10.6 Å². The average Bonchev–Trinajstić information content (AvgIpc) is 2.34. The number of carbonyl (C=O) groups is 2. The van der Waals surface area contributed by atoms with E-state index < -0.39 is 6.04 Å². The van der Waals surface area contributed by atoms with Crippen LogP contribution < -0.4 is 10.6 Å². The molecule has 2 N–H and O–H groups in total. The lowest BCUT2D eigenvalue weighted by Gasteiger charge is -2.12. The van der Waals surface area contributed by atoms with E-state index in [-0.39, 0.29) is 18.2 Å². The molecule has 1 saturated heterocycles. The topological polar surface area (TPSA) is 61.4 Å². The van der Waals surface area contributed by atoms with Gasteiger partial charge in [-0.25, -0.2) is 0 Å². The fourth-order valence-corrected chi connectivity index (χ4v) is 1.24. The number of thiocarbonyl (C=S) groups is 1. The number of hydrogen-bond acceptors (Lipinski definition) is 3. The molecule has 2 amide bonds. The van der Waals surface area contributed by atoms with Gasteiger partial charge in [0, 0.05) is 14.1 Å². The zero-order chi connectivity index (χ0) is 10.0. The number of hydrogen-bond donors (Lipinski definition) is 2. The van der Waals surface area contributed by atoms with Gasteiger partial charge in [-0.05, 0) is 12.2 Å². The molecule has 0 bridgehead atoms. The van der Waals surface area contributed by atoms with E-state index in [9.17, 15) is 9.59 Å².